The Labute approximate surface area is 142 Å². The van der Waals surface area contributed by atoms with Crippen molar-refractivity contribution < 1.29 is 18.1 Å². The van der Waals surface area contributed by atoms with Crippen LogP contribution < -0.4 is 14.2 Å². The van der Waals surface area contributed by atoms with Gasteiger partial charge in [-0.2, -0.15) is 0 Å². The first-order valence-corrected chi connectivity index (χ1v) is 9.49. The smallest absolute Gasteiger partial charge is 0.274 e. The number of aromatic nitrogens is 1. The highest BCUT2D eigenvalue weighted by Gasteiger charge is 2.26. The van der Waals surface area contributed by atoms with Gasteiger partial charge >= 0.3 is 0 Å². The molecule has 0 spiro atoms. The number of para-hydroxylation sites is 1. The summed E-state index contributed by atoms with van der Waals surface area (Å²) in [7, 11) is -3.59. The molecule has 0 saturated carbocycles. The van der Waals surface area contributed by atoms with Crippen molar-refractivity contribution in [2.45, 2.75) is 11.8 Å². The van der Waals surface area contributed by atoms with E-state index < -0.39 is 10.0 Å². The monoisotopic (exact) mass is 348 g/mol. The second-order valence-electron chi connectivity index (χ2n) is 5.51. The van der Waals surface area contributed by atoms with Gasteiger partial charge in [0, 0.05) is 12.6 Å². The molecular formula is C17H22N3O3S+. The van der Waals surface area contributed by atoms with E-state index >= 15 is 0 Å². The summed E-state index contributed by atoms with van der Waals surface area (Å²) in [4.78, 5) is 5.51. The van der Waals surface area contributed by atoms with Crippen LogP contribution in [0.4, 0.5) is 11.5 Å². The van der Waals surface area contributed by atoms with E-state index in [4.69, 9.17) is 4.74 Å². The highest BCUT2D eigenvalue weighted by molar-refractivity contribution is 7.92. The molecule has 1 saturated heterocycles. The maximum absolute atomic E-state index is 12.9. The Morgan fingerprint density at radius 3 is 2.42 bits per heavy atom. The van der Waals surface area contributed by atoms with Gasteiger partial charge in [-0.05, 0) is 25.1 Å². The summed E-state index contributed by atoms with van der Waals surface area (Å²) in [6.45, 7) is 5.17. The van der Waals surface area contributed by atoms with Crippen molar-refractivity contribution in [3.8, 4) is 0 Å². The molecule has 7 heteroatoms. The number of ether oxygens (including phenoxy) is 1. The van der Waals surface area contributed by atoms with E-state index in [-0.39, 0.29) is 4.90 Å². The van der Waals surface area contributed by atoms with Crippen molar-refractivity contribution in [1.29, 1.82) is 0 Å². The average molecular weight is 348 g/mol. The minimum absolute atomic E-state index is 0.255. The third kappa shape index (κ3) is 3.37. The number of rotatable bonds is 5. The number of nitrogens with one attached hydrogen (secondary N) is 1. The van der Waals surface area contributed by atoms with Crippen LogP contribution in [-0.2, 0) is 14.8 Å². The fraction of sp³-hybridized carbons (Fsp3) is 0.353. The number of sulfonamides is 1. The number of morpholine rings is 1. The summed E-state index contributed by atoms with van der Waals surface area (Å²) in [6, 6.07) is 12.6. The van der Waals surface area contributed by atoms with E-state index in [1.807, 2.05) is 31.2 Å². The van der Waals surface area contributed by atoms with E-state index in [0.29, 0.717) is 25.4 Å². The van der Waals surface area contributed by atoms with Gasteiger partial charge in [0.25, 0.3) is 15.8 Å². The highest BCUT2D eigenvalue weighted by Crippen LogP contribution is 2.23. The molecule has 1 aromatic carbocycles. The molecule has 0 radical (unpaired) electrons. The van der Waals surface area contributed by atoms with Gasteiger partial charge in [0.15, 0.2) is 0 Å². The number of H-pyrrole nitrogens is 1. The predicted octanol–water partition coefficient (Wildman–Crippen LogP) is 1.55. The Morgan fingerprint density at radius 1 is 1.12 bits per heavy atom. The fourth-order valence-electron chi connectivity index (χ4n) is 2.78. The van der Waals surface area contributed by atoms with Crippen LogP contribution in [0.3, 0.4) is 0 Å². The summed E-state index contributed by atoms with van der Waals surface area (Å²) < 4.78 is 32.6. The molecule has 1 fully saturated rings. The van der Waals surface area contributed by atoms with Crippen LogP contribution in [0.25, 0.3) is 0 Å². The van der Waals surface area contributed by atoms with Gasteiger partial charge < -0.3 is 4.74 Å². The van der Waals surface area contributed by atoms with Crippen molar-refractivity contribution in [1.82, 2.24) is 0 Å². The van der Waals surface area contributed by atoms with Crippen molar-refractivity contribution in [2.24, 2.45) is 0 Å². The SMILES string of the molecule is CCN(c1ccccc1)S(=O)(=O)c1ccc(N2CCOCC2)[nH+]c1. The maximum Gasteiger partial charge on any atom is 0.274 e. The van der Waals surface area contributed by atoms with E-state index in [0.717, 1.165) is 18.9 Å². The van der Waals surface area contributed by atoms with Gasteiger partial charge in [0.2, 0.25) is 0 Å². The first kappa shape index (κ1) is 16.7. The Kier molecular flexibility index (Phi) is 5.01. The Hall–Kier alpha value is -2.12. The highest BCUT2D eigenvalue weighted by atomic mass is 32.2. The van der Waals surface area contributed by atoms with Crippen LogP contribution in [0.1, 0.15) is 6.92 Å². The Bertz CT molecular complexity index is 757. The third-order valence-electron chi connectivity index (χ3n) is 4.04. The van der Waals surface area contributed by atoms with Gasteiger partial charge in [-0.15, -0.1) is 0 Å². The van der Waals surface area contributed by atoms with E-state index in [1.165, 1.54) is 4.31 Å². The number of nitrogens with zero attached hydrogens (tertiary/aromatic N) is 2. The van der Waals surface area contributed by atoms with Crippen LogP contribution in [-0.4, -0.2) is 41.3 Å². The zero-order valence-electron chi connectivity index (χ0n) is 13.7. The van der Waals surface area contributed by atoms with E-state index in [1.54, 1.807) is 24.4 Å². The lowest BCUT2D eigenvalue weighted by Crippen LogP contribution is -2.39. The van der Waals surface area contributed by atoms with Crippen molar-refractivity contribution >= 4 is 21.5 Å². The molecule has 2 aromatic rings. The van der Waals surface area contributed by atoms with Crippen LogP contribution >= 0.6 is 0 Å². The standard InChI is InChI=1S/C17H21N3O3S/c1-2-20(15-6-4-3-5-7-15)24(21,22)16-8-9-17(18-14-16)19-10-12-23-13-11-19/h3-9,14H,2,10-13H2,1H3/p+1. The average Bonchev–Trinajstić information content (AvgIpc) is 2.64. The Morgan fingerprint density at radius 2 is 1.83 bits per heavy atom. The molecule has 24 heavy (non-hydrogen) atoms. The predicted molar refractivity (Wildman–Crippen MR) is 92.7 cm³/mol. The summed E-state index contributed by atoms with van der Waals surface area (Å²) in [5.41, 5.74) is 0.664. The van der Waals surface area contributed by atoms with Crippen LogP contribution in [0.5, 0.6) is 0 Å². The number of anilines is 2. The second kappa shape index (κ2) is 7.19. The molecule has 6 nitrogen and oxygen atoms in total. The molecule has 1 aliphatic rings. The fourth-order valence-corrected chi connectivity index (χ4v) is 4.22. The molecule has 1 N–H and O–H groups in total. The largest absolute Gasteiger partial charge is 0.373 e. The number of pyridine rings is 1. The molecule has 3 rings (SSSR count). The molecule has 1 aromatic heterocycles. The van der Waals surface area contributed by atoms with Gasteiger partial charge in [0.05, 0.1) is 18.9 Å². The lowest BCUT2D eigenvalue weighted by Gasteiger charge is -2.23. The van der Waals surface area contributed by atoms with Gasteiger partial charge in [-0.1, -0.05) is 18.2 Å². The summed E-state index contributed by atoms with van der Waals surface area (Å²) >= 11 is 0. The molecule has 0 aliphatic carbocycles. The third-order valence-corrected chi connectivity index (χ3v) is 5.94. The number of hydrogen-bond acceptors (Lipinski definition) is 4. The maximum atomic E-state index is 12.9. The van der Waals surface area contributed by atoms with Crippen molar-refractivity contribution in [3.63, 3.8) is 0 Å². The minimum atomic E-state index is -3.59. The van der Waals surface area contributed by atoms with E-state index in [2.05, 4.69) is 9.88 Å². The number of aromatic amines is 1. The van der Waals surface area contributed by atoms with Gasteiger partial charge in [0.1, 0.15) is 24.2 Å². The molecule has 128 valence electrons. The van der Waals surface area contributed by atoms with Crippen molar-refractivity contribution in [3.05, 3.63) is 48.7 Å². The van der Waals surface area contributed by atoms with Gasteiger partial charge in [-0.3, -0.25) is 9.21 Å². The molecule has 0 unspecified atom stereocenters. The molecule has 0 amide bonds. The lowest BCUT2D eigenvalue weighted by molar-refractivity contribution is -0.367. The Balaban J connectivity index is 1.86. The van der Waals surface area contributed by atoms with Crippen LogP contribution in [0.15, 0.2) is 53.6 Å². The summed E-state index contributed by atoms with van der Waals surface area (Å²) in [6.07, 6.45) is 1.56. The van der Waals surface area contributed by atoms with E-state index in [9.17, 15) is 8.42 Å². The second-order valence-corrected chi connectivity index (χ2v) is 7.38. The first-order valence-electron chi connectivity index (χ1n) is 8.05. The zero-order valence-corrected chi connectivity index (χ0v) is 14.5. The topological polar surface area (TPSA) is 64.0 Å². The normalized spacial score (nSPS) is 15.3. The zero-order chi connectivity index (χ0) is 17.0. The number of benzene rings is 1. The lowest BCUT2D eigenvalue weighted by atomic mass is 10.3. The molecule has 0 atom stereocenters. The molecular weight excluding hydrogens is 326 g/mol. The van der Waals surface area contributed by atoms with Crippen molar-refractivity contribution in [2.75, 3.05) is 42.1 Å². The minimum Gasteiger partial charge on any atom is -0.373 e. The first-order chi connectivity index (χ1) is 11.6. The number of hydrogen-bond donors (Lipinski definition) is 0. The van der Waals surface area contributed by atoms with Crippen LogP contribution in [0.2, 0.25) is 0 Å². The summed E-state index contributed by atoms with van der Waals surface area (Å²) in [5.74, 6) is 0.903. The quantitative estimate of drug-likeness (QED) is 0.822. The molecule has 1 aliphatic heterocycles. The summed E-state index contributed by atoms with van der Waals surface area (Å²) in [5, 5.41) is 0. The van der Waals surface area contributed by atoms with Crippen LogP contribution in [0, 0.1) is 0 Å². The molecule has 2 heterocycles. The van der Waals surface area contributed by atoms with Gasteiger partial charge in [-0.25, -0.2) is 13.4 Å². The molecule has 0 bridgehead atoms.